The van der Waals surface area contributed by atoms with E-state index in [-0.39, 0.29) is 5.56 Å². The fraction of sp³-hybridized carbons (Fsp3) is 0.429. The topological polar surface area (TPSA) is 37.9 Å². The van der Waals surface area contributed by atoms with Gasteiger partial charge in [-0.2, -0.15) is 0 Å². The van der Waals surface area contributed by atoms with Gasteiger partial charge in [-0.15, -0.1) is 0 Å². The third-order valence-corrected chi connectivity index (χ3v) is 4.18. The molecule has 1 aliphatic heterocycles. The van der Waals surface area contributed by atoms with Crippen molar-refractivity contribution in [2.45, 2.75) is 38.3 Å². The summed E-state index contributed by atoms with van der Waals surface area (Å²) >= 11 is 0. The van der Waals surface area contributed by atoms with E-state index in [2.05, 4.69) is 9.99 Å². The molecule has 92 valence electrons. The van der Waals surface area contributed by atoms with Crippen LogP contribution in [0.5, 0.6) is 0 Å². The number of nitrogens with zero attached hydrogens (tertiary/aromatic N) is 3. The van der Waals surface area contributed by atoms with Gasteiger partial charge in [0.25, 0.3) is 5.56 Å². The number of aromatic nitrogens is 2. The summed E-state index contributed by atoms with van der Waals surface area (Å²) < 4.78 is 1.79. The van der Waals surface area contributed by atoms with Crippen LogP contribution in [-0.4, -0.2) is 21.7 Å². The van der Waals surface area contributed by atoms with Crippen molar-refractivity contribution in [1.29, 1.82) is 0 Å². The first kappa shape index (κ1) is 10.1. The molecule has 4 heteroatoms. The molecule has 0 N–H and O–H groups in total. The summed E-state index contributed by atoms with van der Waals surface area (Å²) in [5.74, 6) is 0.799. The Labute approximate surface area is 105 Å². The van der Waals surface area contributed by atoms with Gasteiger partial charge in [0.05, 0.1) is 23.0 Å². The Morgan fingerprint density at radius 3 is 2.72 bits per heavy atom. The lowest BCUT2D eigenvalue weighted by Gasteiger charge is -2.15. The smallest absolute Gasteiger partial charge is 0.280 e. The SMILES string of the molecule is Cc1nc2ccccc2c(=O)n1N1[C@@H]2CCC[C@H]21. The summed E-state index contributed by atoms with van der Waals surface area (Å²) in [4.78, 5) is 17.1. The molecule has 1 aromatic carbocycles. The quantitative estimate of drug-likeness (QED) is 0.711. The van der Waals surface area contributed by atoms with Crippen molar-refractivity contribution >= 4 is 10.9 Å². The van der Waals surface area contributed by atoms with E-state index in [4.69, 9.17) is 0 Å². The molecule has 2 aromatic rings. The van der Waals surface area contributed by atoms with Gasteiger partial charge in [-0.25, -0.2) is 9.66 Å². The van der Waals surface area contributed by atoms with Gasteiger partial charge in [0, 0.05) is 0 Å². The highest BCUT2D eigenvalue weighted by Crippen LogP contribution is 2.40. The number of rotatable bonds is 1. The van der Waals surface area contributed by atoms with Crippen LogP contribution >= 0.6 is 0 Å². The van der Waals surface area contributed by atoms with E-state index >= 15 is 0 Å². The van der Waals surface area contributed by atoms with E-state index in [0.717, 1.165) is 11.3 Å². The van der Waals surface area contributed by atoms with Crippen LogP contribution in [-0.2, 0) is 0 Å². The number of fused-ring (bicyclic) bond motifs is 2. The first-order valence-corrected chi connectivity index (χ1v) is 6.54. The van der Waals surface area contributed by atoms with Crippen LogP contribution in [0.2, 0.25) is 0 Å². The molecule has 4 nitrogen and oxygen atoms in total. The molecule has 0 unspecified atom stereocenters. The van der Waals surface area contributed by atoms with Gasteiger partial charge in [0.15, 0.2) is 0 Å². The van der Waals surface area contributed by atoms with E-state index in [1.54, 1.807) is 4.68 Å². The Balaban J connectivity index is 1.93. The fourth-order valence-electron chi connectivity index (χ4n) is 3.31. The number of hydrogen-bond acceptors (Lipinski definition) is 3. The molecule has 0 bridgehead atoms. The average molecular weight is 241 g/mol. The zero-order chi connectivity index (χ0) is 12.3. The molecule has 2 fully saturated rings. The summed E-state index contributed by atoms with van der Waals surface area (Å²) in [6.07, 6.45) is 3.72. The van der Waals surface area contributed by atoms with E-state index in [1.165, 1.54) is 19.3 Å². The number of hydrogen-bond donors (Lipinski definition) is 0. The monoisotopic (exact) mass is 241 g/mol. The van der Waals surface area contributed by atoms with E-state index in [9.17, 15) is 4.79 Å². The normalized spacial score (nSPS) is 25.5. The molecule has 2 heterocycles. The zero-order valence-electron chi connectivity index (χ0n) is 10.3. The second-order valence-corrected chi connectivity index (χ2v) is 5.24. The molecular weight excluding hydrogens is 226 g/mol. The highest BCUT2D eigenvalue weighted by atomic mass is 16.1. The lowest BCUT2D eigenvalue weighted by Crippen LogP contribution is -2.34. The molecule has 0 spiro atoms. The van der Waals surface area contributed by atoms with Gasteiger partial charge in [0.1, 0.15) is 5.82 Å². The van der Waals surface area contributed by atoms with Crippen LogP contribution < -0.4 is 10.6 Å². The van der Waals surface area contributed by atoms with Gasteiger partial charge in [-0.05, 0) is 38.3 Å². The average Bonchev–Trinajstić information content (AvgIpc) is 2.84. The fourth-order valence-corrected chi connectivity index (χ4v) is 3.31. The second kappa shape index (κ2) is 3.34. The second-order valence-electron chi connectivity index (χ2n) is 5.24. The molecule has 2 atom stereocenters. The maximum absolute atomic E-state index is 12.5. The van der Waals surface area contributed by atoms with Gasteiger partial charge in [-0.1, -0.05) is 12.1 Å². The van der Waals surface area contributed by atoms with E-state index in [0.29, 0.717) is 17.5 Å². The summed E-state index contributed by atoms with van der Waals surface area (Å²) in [6.45, 7) is 1.92. The molecule has 2 aliphatic rings. The molecule has 0 radical (unpaired) electrons. The minimum absolute atomic E-state index is 0.0764. The minimum atomic E-state index is 0.0764. The number of piperidine rings is 1. The van der Waals surface area contributed by atoms with Crippen LogP contribution in [0.3, 0.4) is 0 Å². The van der Waals surface area contributed by atoms with E-state index < -0.39 is 0 Å². The van der Waals surface area contributed by atoms with Gasteiger partial charge in [-0.3, -0.25) is 9.80 Å². The first-order chi connectivity index (χ1) is 8.77. The highest BCUT2D eigenvalue weighted by molar-refractivity contribution is 5.77. The third kappa shape index (κ3) is 1.20. The minimum Gasteiger partial charge on any atom is -0.298 e. The molecule has 1 aliphatic carbocycles. The van der Waals surface area contributed by atoms with Crippen LogP contribution in [0.1, 0.15) is 25.1 Å². The summed E-state index contributed by atoms with van der Waals surface area (Å²) in [7, 11) is 0. The molecule has 1 saturated carbocycles. The van der Waals surface area contributed by atoms with Gasteiger partial charge in [0.2, 0.25) is 0 Å². The molecule has 4 rings (SSSR count). The van der Waals surface area contributed by atoms with Crippen molar-refractivity contribution < 1.29 is 0 Å². The highest BCUT2D eigenvalue weighted by Gasteiger charge is 2.52. The predicted molar refractivity (Wildman–Crippen MR) is 70.4 cm³/mol. The number of aryl methyl sites for hydroxylation is 1. The van der Waals surface area contributed by atoms with E-state index in [1.807, 2.05) is 31.2 Å². The maximum Gasteiger partial charge on any atom is 0.280 e. The van der Waals surface area contributed by atoms with Gasteiger partial charge >= 0.3 is 0 Å². The maximum atomic E-state index is 12.5. The van der Waals surface area contributed by atoms with Crippen LogP contribution in [0.4, 0.5) is 0 Å². The number of benzene rings is 1. The largest absolute Gasteiger partial charge is 0.298 e. The predicted octanol–water partition coefficient (Wildman–Crippen LogP) is 1.58. The Bertz CT molecular complexity index is 681. The Kier molecular flexibility index (Phi) is 1.88. The van der Waals surface area contributed by atoms with Crippen molar-refractivity contribution in [2.75, 3.05) is 5.01 Å². The summed E-state index contributed by atoms with van der Waals surface area (Å²) in [5.41, 5.74) is 0.871. The van der Waals surface area contributed by atoms with Crippen molar-refractivity contribution in [3.05, 3.63) is 40.4 Å². The summed E-state index contributed by atoms with van der Waals surface area (Å²) in [5, 5.41) is 2.92. The Morgan fingerprint density at radius 2 is 1.94 bits per heavy atom. The third-order valence-electron chi connectivity index (χ3n) is 4.18. The Hall–Kier alpha value is -1.84. The van der Waals surface area contributed by atoms with Crippen molar-refractivity contribution in [1.82, 2.24) is 9.66 Å². The Morgan fingerprint density at radius 1 is 1.22 bits per heavy atom. The lowest BCUT2D eigenvalue weighted by molar-refractivity contribution is 0.627. The zero-order valence-corrected chi connectivity index (χ0v) is 10.3. The van der Waals surface area contributed by atoms with Crippen LogP contribution in [0, 0.1) is 6.92 Å². The molecule has 18 heavy (non-hydrogen) atoms. The van der Waals surface area contributed by atoms with Crippen molar-refractivity contribution in [3.63, 3.8) is 0 Å². The lowest BCUT2D eigenvalue weighted by atomic mass is 10.2. The first-order valence-electron chi connectivity index (χ1n) is 6.54. The van der Waals surface area contributed by atoms with Gasteiger partial charge < -0.3 is 0 Å². The molecule has 0 amide bonds. The number of para-hydroxylation sites is 1. The van der Waals surface area contributed by atoms with Crippen LogP contribution in [0.15, 0.2) is 29.1 Å². The standard InChI is InChI=1S/C14H15N3O/c1-9-15-11-6-3-2-5-10(11)14(18)16(9)17-12-7-4-8-13(12)17/h2-3,5-6,12-13H,4,7-8H2,1H3/t12-,13-/m1/s1. The molecule has 1 aromatic heterocycles. The molecular formula is C14H15N3O. The van der Waals surface area contributed by atoms with Crippen molar-refractivity contribution in [2.24, 2.45) is 0 Å². The molecule has 1 saturated heterocycles. The summed E-state index contributed by atoms with van der Waals surface area (Å²) in [6, 6.07) is 8.73. The van der Waals surface area contributed by atoms with Crippen LogP contribution in [0.25, 0.3) is 10.9 Å². The van der Waals surface area contributed by atoms with Crippen molar-refractivity contribution in [3.8, 4) is 0 Å².